The van der Waals surface area contributed by atoms with Crippen molar-refractivity contribution < 1.29 is 0 Å². The molecule has 0 amide bonds. The van der Waals surface area contributed by atoms with Gasteiger partial charge >= 0.3 is 0 Å². The van der Waals surface area contributed by atoms with Crippen LogP contribution in [0.3, 0.4) is 0 Å². The summed E-state index contributed by atoms with van der Waals surface area (Å²) in [6.45, 7) is 21.3. The van der Waals surface area contributed by atoms with E-state index in [-0.39, 0.29) is 5.54 Å². The Balaban J connectivity index is 4.91. The van der Waals surface area contributed by atoms with Crippen LogP contribution in [0.4, 0.5) is 0 Å². The minimum absolute atomic E-state index is 0.207. The fourth-order valence-corrected chi connectivity index (χ4v) is 3.00. The summed E-state index contributed by atoms with van der Waals surface area (Å²) < 4.78 is 0. The Morgan fingerprint density at radius 3 is 1.29 bits per heavy atom. The maximum atomic E-state index is 3.43. The second-order valence-electron chi connectivity index (χ2n) is 8.82. The Morgan fingerprint density at radius 2 is 1.00 bits per heavy atom. The lowest BCUT2D eigenvalue weighted by Crippen LogP contribution is -2.46. The lowest BCUT2D eigenvalue weighted by Gasteiger charge is -2.48. The lowest BCUT2D eigenvalue weighted by atomic mass is 9.58. The van der Waals surface area contributed by atoms with Crippen LogP contribution < -0.4 is 5.32 Å². The SMILES string of the molecule is CNC(C)(C)CC(C)(C)C(C)(C)CC(C)(C)C. The van der Waals surface area contributed by atoms with Crippen LogP contribution in [0.25, 0.3) is 0 Å². The van der Waals surface area contributed by atoms with Crippen molar-refractivity contribution in [3.05, 3.63) is 0 Å². The summed E-state index contributed by atoms with van der Waals surface area (Å²) in [6, 6.07) is 0. The van der Waals surface area contributed by atoms with Gasteiger partial charge in [-0.2, -0.15) is 0 Å². The fourth-order valence-electron chi connectivity index (χ4n) is 3.00. The van der Waals surface area contributed by atoms with Crippen LogP contribution in [0, 0.1) is 16.2 Å². The van der Waals surface area contributed by atoms with E-state index in [4.69, 9.17) is 0 Å². The van der Waals surface area contributed by atoms with Gasteiger partial charge in [0, 0.05) is 5.54 Å². The summed E-state index contributed by atoms with van der Waals surface area (Å²) in [5.74, 6) is 0. The minimum atomic E-state index is 0.207. The number of rotatable bonds is 5. The molecule has 0 aromatic rings. The number of nitrogens with one attached hydrogen (secondary N) is 1. The highest BCUT2D eigenvalue weighted by atomic mass is 14.9. The smallest absolute Gasteiger partial charge is 0.0127 e. The van der Waals surface area contributed by atoms with E-state index in [1.54, 1.807) is 0 Å². The molecule has 0 saturated carbocycles. The van der Waals surface area contributed by atoms with Gasteiger partial charge in [-0.3, -0.25) is 0 Å². The van der Waals surface area contributed by atoms with Gasteiger partial charge in [0.25, 0.3) is 0 Å². The molecule has 0 atom stereocenters. The third kappa shape index (κ3) is 5.42. The van der Waals surface area contributed by atoms with Gasteiger partial charge in [0.15, 0.2) is 0 Å². The zero-order chi connectivity index (χ0) is 14.1. The second kappa shape index (κ2) is 4.91. The summed E-state index contributed by atoms with van der Waals surface area (Å²) in [5.41, 5.74) is 1.27. The van der Waals surface area contributed by atoms with E-state index in [0.717, 1.165) is 0 Å². The van der Waals surface area contributed by atoms with Crippen LogP contribution in [0.5, 0.6) is 0 Å². The number of hydrogen-bond acceptors (Lipinski definition) is 1. The van der Waals surface area contributed by atoms with Crippen molar-refractivity contribution >= 4 is 0 Å². The second-order valence-corrected chi connectivity index (χ2v) is 8.82. The zero-order valence-electron chi connectivity index (χ0n) is 13.9. The van der Waals surface area contributed by atoms with Crippen LogP contribution in [-0.2, 0) is 0 Å². The fraction of sp³-hybridized carbons (Fsp3) is 1.00. The maximum Gasteiger partial charge on any atom is 0.0127 e. The molecule has 0 aliphatic heterocycles. The molecule has 0 aromatic heterocycles. The third-order valence-corrected chi connectivity index (χ3v) is 4.37. The highest BCUT2D eigenvalue weighted by molar-refractivity contribution is 4.94. The quantitative estimate of drug-likeness (QED) is 0.724. The van der Waals surface area contributed by atoms with Gasteiger partial charge in [0.1, 0.15) is 0 Å². The molecule has 0 fully saturated rings. The first-order valence-electron chi connectivity index (χ1n) is 6.91. The molecule has 104 valence electrons. The third-order valence-electron chi connectivity index (χ3n) is 4.37. The van der Waals surface area contributed by atoms with Crippen molar-refractivity contribution in [3.8, 4) is 0 Å². The minimum Gasteiger partial charge on any atom is -0.315 e. The van der Waals surface area contributed by atoms with E-state index >= 15 is 0 Å². The number of hydrogen-bond donors (Lipinski definition) is 1. The first-order chi connectivity index (χ1) is 7.22. The van der Waals surface area contributed by atoms with Crippen LogP contribution >= 0.6 is 0 Å². The van der Waals surface area contributed by atoms with Gasteiger partial charge in [0.05, 0.1) is 0 Å². The lowest BCUT2D eigenvalue weighted by molar-refractivity contribution is 0.0301. The summed E-state index contributed by atoms with van der Waals surface area (Å²) >= 11 is 0. The molecular weight excluding hydrogens is 206 g/mol. The van der Waals surface area contributed by atoms with Gasteiger partial charge in [-0.15, -0.1) is 0 Å². The van der Waals surface area contributed by atoms with E-state index < -0.39 is 0 Å². The Kier molecular flexibility index (Phi) is 4.90. The average molecular weight is 241 g/mol. The van der Waals surface area contributed by atoms with E-state index in [2.05, 4.69) is 74.7 Å². The Morgan fingerprint density at radius 1 is 0.647 bits per heavy atom. The molecule has 0 unspecified atom stereocenters. The van der Waals surface area contributed by atoms with E-state index in [9.17, 15) is 0 Å². The molecule has 0 aliphatic rings. The topological polar surface area (TPSA) is 12.0 Å². The highest BCUT2D eigenvalue weighted by Crippen LogP contribution is 2.49. The molecule has 0 spiro atoms. The molecule has 0 heterocycles. The van der Waals surface area contributed by atoms with Crippen LogP contribution in [0.15, 0.2) is 0 Å². The molecule has 1 nitrogen and oxygen atoms in total. The summed E-state index contributed by atoms with van der Waals surface area (Å²) in [5, 5.41) is 3.43. The Hall–Kier alpha value is -0.0400. The molecule has 0 bridgehead atoms. The van der Waals surface area contributed by atoms with Crippen LogP contribution in [0.2, 0.25) is 0 Å². The van der Waals surface area contributed by atoms with E-state index in [1.807, 2.05) is 0 Å². The monoisotopic (exact) mass is 241 g/mol. The van der Waals surface area contributed by atoms with Crippen LogP contribution in [-0.4, -0.2) is 12.6 Å². The predicted octanol–water partition coefficient (Wildman–Crippen LogP) is 4.86. The maximum absolute atomic E-state index is 3.43. The molecule has 0 rings (SSSR count). The zero-order valence-corrected chi connectivity index (χ0v) is 13.9. The Labute approximate surface area is 110 Å². The molecule has 17 heavy (non-hydrogen) atoms. The largest absolute Gasteiger partial charge is 0.315 e. The highest BCUT2D eigenvalue weighted by Gasteiger charge is 2.42. The van der Waals surface area contributed by atoms with Crippen molar-refractivity contribution in [2.24, 2.45) is 16.2 Å². The van der Waals surface area contributed by atoms with Crippen molar-refractivity contribution in [3.63, 3.8) is 0 Å². The molecular formula is C16H35N. The average Bonchev–Trinajstić information content (AvgIpc) is 1.97. The van der Waals surface area contributed by atoms with Crippen molar-refractivity contribution in [1.29, 1.82) is 0 Å². The van der Waals surface area contributed by atoms with Gasteiger partial charge in [-0.25, -0.2) is 0 Å². The molecule has 0 saturated heterocycles. The summed E-state index contributed by atoms with van der Waals surface area (Å²) in [7, 11) is 2.06. The normalized spacial score (nSPS) is 15.2. The van der Waals surface area contributed by atoms with E-state index in [0.29, 0.717) is 16.2 Å². The first-order valence-corrected chi connectivity index (χ1v) is 6.91. The van der Waals surface area contributed by atoms with Gasteiger partial charge in [0.2, 0.25) is 0 Å². The molecule has 0 aliphatic carbocycles. The first kappa shape index (κ1) is 17.0. The van der Waals surface area contributed by atoms with E-state index in [1.165, 1.54) is 12.8 Å². The van der Waals surface area contributed by atoms with Gasteiger partial charge in [-0.1, -0.05) is 48.5 Å². The molecule has 0 aromatic carbocycles. The summed E-state index contributed by atoms with van der Waals surface area (Å²) in [4.78, 5) is 0. The Bertz CT molecular complexity index is 241. The standard InChI is InChI=1S/C16H35N/c1-13(2,3)11-14(4,5)15(6,7)12-16(8,9)17-10/h17H,11-12H2,1-10H3. The van der Waals surface area contributed by atoms with Crippen molar-refractivity contribution in [2.45, 2.75) is 80.7 Å². The summed E-state index contributed by atoms with van der Waals surface area (Å²) in [6.07, 6.45) is 2.45. The molecule has 0 radical (unpaired) electrons. The molecule has 1 heteroatoms. The van der Waals surface area contributed by atoms with Crippen LogP contribution in [0.1, 0.15) is 75.2 Å². The van der Waals surface area contributed by atoms with Crippen molar-refractivity contribution in [1.82, 2.24) is 5.32 Å². The van der Waals surface area contributed by atoms with Gasteiger partial charge in [-0.05, 0) is 50.0 Å². The van der Waals surface area contributed by atoms with Gasteiger partial charge < -0.3 is 5.32 Å². The predicted molar refractivity (Wildman–Crippen MR) is 79.4 cm³/mol. The van der Waals surface area contributed by atoms with Crippen molar-refractivity contribution in [2.75, 3.05) is 7.05 Å². The molecule has 1 N–H and O–H groups in total.